The van der Waals surface area contributed by atoms with Crippen molar-refractivity contribution in [2.75, 3.05) is 6.54 Å². The van der Waals surface area contributed by atoms with E-state index in [1.165, 1.54) is 17.6 Å². The maximum Gasteiger partial charge on any atom is 0.267 e. The van der Waals surface area contributed by atoms with Gasteiger partial charge in [0.25, 0.3) is 11.8 Å². The van der Waals surface area contributed by atoms with Gasteiger partial charge in [0.2, 0.25) is 0 Å². The highest BCUT2D eigenvalue weighted by Crippen LogP contribution is 2.21. The number of benzene rings is 1. The molecule has 1 aliphatic rings. The molecule has 2 N–H and O–H groups in total. The Morgan fingerprint density at radius 2 is 2.12 bits per heavy atom. The summed E-state index contributed by atoms with van der Waals surface area (Å²) in [5.41, 5.74) is 4.77. The highest BCUT2D eigenvalue weighted by molar-refractivity contribution is 5.99. The predicted molar refractivity (Wildman–Crippen MR) is 87.1 cm³/mol. The first-order valence-corrected chi connectivity index (χ1v) is 7.60. The summed E-state index contributed by atoms with van der Waals surface area (Å²) in [6.07, 6.45) is 5.36. The van der Waals surface area contributed by atoms with Crippen molar-refractivity contribution in [1.82, 2.24) is 20.2 Å². The van der Waals surface area contributed by atoms with Crippen molar-refractivity contribution in [1.29, 1.82) is 0 Å². The van der Waals surface area contributed by atoms with Crippen LogP contribution in [0.5, 0.6) is 0 Å². The highest BCUT2D eigenvalue weighted by Gasteiger charge is 2.24. The minimum absolute atomic E-state index is 0.0887. The molecule has 1 aromatic heterocycles. The molecule has 3 rings (SSSR count). The van der Waals surface area contributed by atoms with Crippen LogP contribution < -0.4 is 5.48 Å². The monoisotopic (exact) mass is 326 g/mol. The first-order valence-electron chi connectivity index (χ1n) is 7.60. The Hall–Kier alpha value is -2.93. The van der Waals surface area contributed by atoms with Gasteiger partial charge >= 0.3 is 0 Å². The van der Waals surface area contributed by atoms with Gasteiger partial charge in [-0.15, -0.1) is 0 Å². The molecule has 2 heterocycles. The minimum atomic E-state index is -0.643. The van der Waals surface area contributed by atoms with E-state index < -0.39 is 5.91 Å². The van der Waals surface area contributed by atoms with E-state index in [-0.39, 0.29) is 5.91 Å². The van der Waals surface area contributed by atoms with Gasteiger partial charge in [0.15, 0.2) is 0 Å². The van der Waals surface area contributed by atoms with Crippen molar-refractivity contribution in [3.8, 4) is 0 Å². The van der Waals surface area contributed by atoms with Gasteiger partial charge in [0.1, 0.15) is 0 Å². The second-order valence-corrected chi connectivity index (χ2v) is 5.65. The van der Waals surface area contributed by atoms with Gasteiger partial charge in [-0.05, 0) is 17.7 Å². The van der Waals surface area contributed by atoms with E-state index in [4.69, 9.17) is 5.21 Å². The number of carbonyl (C=O) groups excluding carboxylic acids is 2. The molecular weight excluding hydrogens is 308 g/mol. The molecule has 0 radical (unpaired) electrons. The Kier molecular flexibility index (Phi) is 4.43. The number of amides is 2. The third kappa shape index (κ3) is 3.21. The average Bonchev–Trinajstić information content (AvgIpc) is 2.98. The average molecular weight is 326 g/mol. The van der Waals surface area contributed by atoms with E-state index in [1.54, 1.807) is 33.8 Å². The second kappa shape index (κ2) is 6.67. The number of hydrogen-bond acceptors (Lipinski definition) is 4. The Bertz CT molecular complexity index is 810. The Morgan fingerprint density at radius 3 is 2.92 bits per heavy atom. The van der Waals surface area contributed by atoms with E-state index in [2.05, 4.69) is 5.10 Å². The minimum Gasteiger partial charge on any atom is -0.334 e. The zero-order chi connectivity index (χ0) is 17.1. The van der Waals surface area contributed by atoms with Crippen LogP contribution in [0.2, 0.25) is 0 Å². The first-order chi connectivity index (χ1) is 11.6. The standard InChI is InChI=1S/C17H18N4O3/c1-20-10-13-11-21(9-8-15(13)18-20)17(23)14-5-3-2-4-12(14)6-7-16(22)19-24/h2-7,10,24H,8-9,11H2,1H3,(H,19,22). The molecule has 0 atom stereocenters. The lowest BCUT2D eigenvalue weighted by Crippen LogP contribution is -2.36. The number of rotatable bonds is 3. The lowest BCUT2D eigenvalue weighted by Gasteiger charge is -2.26. The summed E-state index contributed by atoms with van der Waals surface area (Å²) >= 11 is 0. The molecule has 0 bridgehead atoms. The van der Waals surface area contributed by atoms with Crippen LogP contribution in [0.4, 0.5) is 0 Å². The predicted octanol–water partition coefficient (Wildman–Crippen LogP) is 1.14. The molecule has 0 fully saturated rings. The Labute approximate surface area is 139 Å². The smallest absolute Gasteiger partial charge is 0.267 e. The molecule has 7 nitrogen and oxygen atoms in total. The fourth-order valence-corrected chi connectivity index (χ4v) is 2.84. The van der Waals surface area contributed by atoms with Crippen LogP contribution in [-0.4, -0.2) is 38.2 Å². The quantitative estimate of drug-likeness (QED) is 0.503. The van der Waals surface area contributed by atoms with Crippen LogP contribution in [-0.2, 0) is 24.8 Å². The van der Waals surface area contributed by atoms with Crippen LogP contribution in [0.1, 0.15) is 27.2 Å². The molecule has 1 aromatic carbocycles. The molecule has 0 aliphatic carbocycles. The van der Waals surface area contributed by atoms with Gasteiger partial charge in [0, 0.05) is 50.0 Å². The summed E-state index contributed by atoms with van der Waals surface area (Å²) < 4.78 is 1.77. The fraction of sp³-hybridized carbons (Fsp3) is 0.235. The maximum atomic E-state index is 12.9. The molecule has 7 heteroatoms. The SMILES string of the molecule is Cn1cc2c(n1)CCN(C(=O)c1ccccc1C=CC(=O)NO)C2. The number of nitrogens with one attached hydrogen (secondary N) is 1. The van der Waals surface area contributed by atoms with Crippen LogP contribution in [0, 0.1) is 0 Å². The van der Waals surface area contributed by atoms with Gasteiger partial charge in [-0.2, -0.15) is 5.10 Å². The Morgan fingerprint density at radius 1 is 1.33 bits per heavy atom. The van der Waals surface area contributed by atoms with Crippen molar-refractivity contribution in [3.63, 3.8) is 0 Å². The normalized spacial score (nSPS) is 13.8. The van der Waals surface area contributed by atoms with Crippen molar-refractivity contribution < 1.29 is 14.8 Å². The number of nitrogens with zero attached hydrogens (tertiary/aromatic N) is 3. The second-order valence-electron chi connectivity index (χ2n) is 5.65. The van der Waals surface area contributed by atoms with Gasteiger partial charge in [-0.3, -0.25) is 19.5 Å². The van der Waals surface area contributed by atoms with Gasteiger partial charge in [0.05, 0.1) is 5.69 Å². The molecule has 0 saturated carbocycles. The number of aryl methyl sites for hydroxylation is 1. The lowest BCUT2D eigenvalue weighted by molar-refractivity contribution is -0.124. The largest absolute Gasteiger partial charge is 0.334 e. The lowest BCUT2D eigenvalue weighted by atomic mass is 10.0. The highest BCUT2D eigenvalue weighted by atomic mass is 16.5. The van der Waals surface area contributed by atoms with Crippen molar-refractivity contribution in [2.45, 2.75) is 13.0 Å². The fourth-order valence-electron chi connectivity index (χ4n) is 2.84. The molecule has 0 unspecified atom stereocenters. The third-order valence-corrected chi connectivity index (χ3v) is 3.97. The molecule has 24 heavy (non-hydrogen) atoms. The summed E-state index contributed by atoms with van der Waals surface area (Å²) in [7, 11) is 1.87. The Balaban J connectivity index is 1.83. The summed E-state index contributed by atoms with van der Waals surface area (Å²) in [5.74, 6) is -0.732. The third-order valence-electron chi connectivity index (χ3n) is 3.97. The number of aromatic nitrogens is 2. The summed E-state index contributed by atoms with van der Waals surface area (Å²) in [6, 6.07) is 7.07. The number of hydroxylamine groups is 1. The van der Waals surface area contributed by atoms with E-state index in [0.717, 1.165) is 17.7 Å². The summed E-state index contributed by atoms with van der Waals surface area (Å²) in [4.78, 5) is 25.8. The number of carbonyl (C=O) groups is 2. The van der Waals surface area contributed by atoms with Crippen LogP contribution >= 0.6 is 0 Å². The molecular formula is C17H18N4O3. The summed E-state index contributed by atoms with van der Waals surface area (Å²) in [6.45, 7) is 1.13. The maximum absolute atomic E-state index is 12.9. The zero-order valence-corrected chi connectivity index (χ0v) is 13.3. The van der Waals surface area contributed by atoms with E-state index in [0.29, 0.717) is 24.2 Å². The molecule has 2 aromatic rings. The van der Waals surface area contributed by atoms with Crippen molar-refractivity contribution in [3.05, 3.63) is 58.9 Å². The van der Waals surface area contributed by atoms with Crippen LogP contribution in [0.3, 0.4) is 0 Å². The zero-order valence-electron chi connectivity index (χ0n) is 13.3. The molecule has 1 aliphatic heterocycles. The van der Waals surface area contributed by atoms with E-state index in [9.17, 15) is 9.59 Å². The topological polar surface area (TPSA) is 87.5 Å². The van der Waals surface area contributed by atoms with Crippen molar-refractivity contribution >= 4 is 17.9 Å². The molecule has 0 spiro atoms. The van der Waals surface area contributed by atoms with Gasteiger partial charge in [-0.1, -0.05) is 18.2 Å². The van der Waals surface area contributed by atoms with Crippen LogP contribution in [0.25, 0.3) is 6.08 Å². The molecule has 2 amide bonds. The van der Waals surface area contributed by atoms with E-state index in [1.807, 2.05) is 13.2 Å². The molecule has 124 valence electrons. The van der Waals surface area contributed by atoms with Crippen LogP contribution in [0.15, 0.2) is 36.5 Å². The number of fused-ring (bicyclic) bond motifs is 1. The first kappa shape index (κ1) is 15.9. The number of hydrogen-bond donors (Lipinski definition) is 2. The van der Waals surface area contributed by atoms with E-state index >= 15 is 0 Å². The van der Waals surface area contributed by atoms with Gasteiger partial charge < -0.3 is 4.90 Å². The van der Waals surface area contributed by atoms with Crippen molar-refractivity contribution in [2.24, 2.45) is 7.05 Å². The van der Waals surface area contributed by atoms with Gasteiger partial charge in [-0.25, -0.2) is 5.48 Å². The summed E-state index contributed by atoms with van der Waals surface area (Å²) in [5, 5.41) is 12.9. The molecule has 0 saturated heterocycles.